The molecule has 2 aromatic rings. The van der Waals surface area contributed by atoms with Crippen molar-refractivity contribution in [3.05, 3.63) is 71.8 Å². The molecule has 0 amide bonds. The van der Waals surface area contributed by atoms with Crippen LogP contribution >= 0.6 is 7.82 Å². The lowest BCUT2D eigenvalue weighted by molar-refractivity contribution is -0.272. The minimum absolute atomic E-state index is 0.0920. The fourth-order valence-electron chi connectivity index (χ4n) is 3.77. The van der Waals surface area contributed by atoms with Crippen LogP contribution in [0.5, 0.6) is 0 Å². The van der Waals surface area contributed by atoms with Crippen molar-refractivity contribution in [3.63, 3.8) is 0 Å². The van der Waals surface area contributed by atoms with Crippen molar-refractivity contribution >= 4 is 7.82 Å². The third-order valence-corrected chi connectivity index (χ3v) is 6.95. The summed E-state index contributed by atoms with van der Waals surface area (Å²) < 4.78 is 41.2. The second-order valence-corrected chi connectivity index (χ2v) is 9.23. The summed E-state index contributed by atoms with van der Waals surface area (Å²) in [7, 11) is -0.934. The molecule has 0 aliphatic carbocycles. The molecule has 3 rings (SSSR count). The number of nitrogens with one attached hydrogen (secondary N) is 2. The van der Waals surface area contributed by atoms with Crippen molar-refractivity contribution in [2.24, 2.45) is 0 Å². The quantitative estimate of drug-likeness (QED) is 0.289. The maximum absolute atomic E-state index is 13.0. The maximum Gasteiger partial charge on any atom is 0.480 e. The van der Waals surface area contributed by atoms with E-state index >= 15 is 0 Å². The largest absolute Gasteiger partial charge is 0.480 e. The molecule has 0 radical (unpaired) electrons. The first kappa shape index (κ1) is 25.0. The van der Waals surface area contributed by atoms with Gasteiger partial charge in [0.25, 0.3) is 0 Å². The number of phosphoric ester groups is 1. The van der Waals surface area contributed by atoms with Crippen LogP contribution in [-0.2, 0) is 33.1 Å². The fourth-order valence-corrected chi connectivity index (χ4v) is 4.71. The molecule has 1 fully saturated rings. The summed E-state index contributed by atoms with van der Waals surface area (Å²) in [6, 6.07) is 18.1. The van der Waals surface area contributed by atoms with Crippen LogP contribution in [0.1, 0.15) is 37.8 Å². The molecule has 1 heterocycles. The van der Waals surface area contributed by atoms with Gasteiger partial charge in [0, 0.05) is 14.2 Å². The molecular weight excluding hydrogens is 431 g/mol. The van der Waals surface area contributed by atoms with Crippen LogP contribution in [0.15, 0.2) is 60.7 Å². The average molecular weight is 464 g/mol. The minimum Gasteiger partial charge on any atom is -0.379 e. The van der Waals surface area contributed by atoms with Gasteiger partial charge in [-0.1, -0.05) is 74.0 Å². The average Bonchev–Trinajstić information content (AvgIpc) is 2.83. The van der Waals surface area contributed by atoms with Crippen LogP contribution in [0, 0.1) is 0 Å². The van der Waals surface area contributed by atoms with Crippen LogP contribution in [0.3, 0.4) is 0 Å². The summed E-state index contributed by atoms with van der Waals surface area (Å²) in [5.41, 5.74) is 0.901. The number of ether oxygens (including phenoxy) is 2. The van der Waals surface area contributed by atoms with Crippen molar-refractivity contribution in [1.29, 1.82) is 0 Å². The Morgan fingerprint density at radius 2 is 1.72 bits per heavy atom. The van der Waals surface area contributed by atoms with Crippen molar-refractivity contribution in [3.8, 4) is 0 Å². The molecule has 32 heavy (non-hydrogen) atoms. The predicted molar refractivity (Wildman–Crippen MR) is 122 cm³/mol. The predicted octanol–water partition coefficient (Wildman–Crippen LogP) is 4.33. The SMILES string of the molecule is CCCCOC1(NC(c2ccccc2)(c2ccccc2)C(C)OC)NCOP(=O)(OC)O1. The van der Waals surface area contributed by atoms with E-state index in [4.69, 9.17) is 23.0 Å². The van der Waals surface area contributed by atoms with E-state index in [1.807, 2.05) is 67.6 Å². The third-order valence-electron chi connectivity index (χ3n) is 5.58. The summed E-state index contributed by atoms with van der Waals surface area (Å²) in [6.07, 6.45) is 1.33. The number of hydrogen-bond donors (Lipinski definition) is 2. The summed E-state index contributed by atoms with van der Waals surface area (Å²) in [5, 5.41) is 6.57. The normalized spacial score (nSPS) is 24.9. The molecule has 2 aromatic carbocycles. The monoisotopic (exact) mass is 464 g/mol. The molecule has 0 saturated carbocycles. The van der Waals surface area contributed by atoms with Crippen LogP contribution in [-0.4, -0.2) is 39.7 Å². The summed E-state index contributed by atoms with van der Waals surface area (Å²) in [4.78, 5) is 0. The molecule has 0 aromatic heterocycles. The first-order valence-corrected chi connectivity index (χ1v) is 12.2. The van der Waals surface area contributed by atoms with E-state index in [1.165, 1.54) is 7.11 Å². The molecule has 0 bridgehead atoms. The number of benzene rings is 2. The van der Waals surface area contributed by atoms with Crippen LogP contribution in [0.25, 0.3) is 0 Å². The molecule has 1 aliphatic heterocycles. The highest BCUT2D eigenvalue weighted by Gasteiger charge is 2.53. The van der Waals surface area contributed by atoms with Gasteiger partial charge in [-0.2, -0.15) is 0 Å². The fraction of sp³-hybridized carbons (Fsp3) is 0.478. The first-order chi connectivity index (χ1) is 15.4. The second kappa shape index (κ2) is 11.0. The van der Waals surface area contributed by atoms with Gasteiger partial charge in [0.2, 0.25) is 0 Å². The summed E-state index contributed by atoms with van der Waals surface area (Å²) in [6.45, 7) is 4.29. The van der Waals surface area contributed by atoms with E-state index in [2.05, 4.69) is 17.6 Å². The molecule has 3 unspecified atom stereocenters. The number of phosphoric acid groups is 1. The van der Waals surface area contributed by atoms with E-state index < -0.39 is 19.4 Å². The molecule has 3 atom stereocenters. The van der Waals surface area contributed by atoms with Gasteiger partial charge in [0.15, 0.2) is 0 Å². The lowest BCUT2D eigenvalue weighted by atomic mass is 9.78. The highest BCUT2D eigenvalue weighted by atomic mass is 31.2. The molecule has 1 aliphatic rings. The lowest BCUT2D eigenvalue weighted by Crippen LogP contribution is -2.70. The van der Waals surface area contributed by atoms with Crippen LogP contribution in [0.2, 0.25) is 0 Å². The topological polar surface area (TPSA) is 87.3 Å². The Balaban J connectivity index is 2.16. The summed E-state index contributed by atoms with van der Waals surface area (Å²) in [5.74, 6) is 0. The van der Waals surface area contributed by atoms with Crippen molar-refractivity contribution in [2.75, 3.05) is 27.6 Å². The number of unbranched alkanes of at least 4 members (excludes halogenated alkanes) is 1. The van der Waals surface area contributed by atoms with E-state index in [0.29, 0.717) is 6.61 Å². The Morgan fingerprint density at radius 3 is 2.22 bits per heavy atom. The molecule has 176 valence electrons. The Labute approximate surface area is 190 Å². The second-order valence-electron chi connectivity index (χ2n) is 7.53. The Kier molecular flexibility index (Phi) is 8.61. The number of rotatable bonds is 11. The summed E-state index contributed by atoms with van der Waals surface area (Å²) >= 11 is 0. The van der Waals surface area contributed by atoms with Crippen molar-refractivity contribution < 1.29 is 27.6 Å². The van der Waals surface area contributed by atoms with E-state index in [0.717, 1.165) is 24.0 Å². The van der Waals surface area contributed by atoms with E-state index in [-0.39, 0.29) is 12.8 Å². The molecule has 2 N–H and O–H groups in total. The lowest BCUT2D eigenvalue weighted by Gasteiger charge is -2.48. The van der Waals surface area contributed by atoms with Gasteiger partial charge >= 0.3 is 13.9 Å². The van der Waals surface area contributed by atoms with Gasteiger partial charge in [-0.05, 0) is 24.5 Å². The van der Waals surface area contributed by atoms with Gasteiger partial charge in [0.05, 0.1) is 12.7 Å². The zero-order valence-corrected chi connectivity index (χ0v) is 20.0. The third kappa shape index (κ3) is 5.30. The van der Waals surface area contributed by atoms with Gasteiger partial charge in [0.1, 0.15) is 12.3 Å². The highest BCUT2D eigenvalue weighted by Crippen LogP contribution is 2.54. The van der Waals surface area contributed by atoms with E-state index in [9.17, 15) is 4.57 Å². The Morgan fingerprint density at radius 1 is 1.12 bits per heavy atom. The van der Waals surface area contributed by atoms with Gasteiger partial charge in [-0.25, -0.2) is 19.7 Å². The van der Waals surface area contributed by atoms with Crippen LogP contribution < -0.4 is 10.6 Å². The zero-order valence-electron chi connectivity index (χ0n) is 19.1. The zero-order chi connectivity index (χ0) is 23.1. The maximum atomic E-state index is 13.0. The molecule has 1 saturated heterocycles. The molecule has 9 heteroatoms. The van der Waals surface area contributed by atoms with Gasteiger partial charge < -0.3 is 9.47 Å². The van der Waals surface area contributed by atoms with Crippen molar-refractivity contribution in [1.82, 2.24) is 10.6 Å². The number of hydrogen-bond acceptors (Lipinski definition) is 8. The smallest absolute Gasteiger partial charge is 0.379 e. The molecular formula is C23H33N2O6P. The molecule has 8 nitrogen and oxygen atoms in total. The van der Waals surface area contributed by atoms with E-state index in [1.54, 1.807) is 7.11 Å². The Hall–Kier alpha value is -1.61. The number of methoxy groups -OCH3 is 1. The van der Waals surface area contributed by atoms with Crippen LogP contribution in [0.4, 0.5) is 0 Å². The highest BCUT2D eigenvalue weighted by molar-refractivity contribution is 7.48. The standard InChI is InChI=1S/C23H33N2O6P/c1-5-6-17-29-23(24-18-30-32(26,28-4)31-23)25-22(19(2)27-3,20-13-9-7-10-14-20)21-15-11-8-12-16-21/h7-16,19,24-25H,5-6,17-18H2,1-4H3. The first-order valence-electron chi connectivity index (χ1n) is 10.8. The molecule has 0 spiro atoms. The Bertz CT molecular complexity index is 845. The van der Waals surface area contributed by atoms with Gasteiger partial charge in [-0.15, -0.1) is 0 Å². The van der Waals surface area contributed by atoms with Gasteiger partial charge in [-0.3, -0.25) is 9.05 Å². The van der Waals surface area contributed by atoms with Crippen molar-refractivity contribution in [2.45, 2.75) is 44.4 Å². The minimum atomic E-state index is -3.86.